The van der Waals surface area contributed by atoms with Crippen LogP contribution in [0, 0.1) is 11.6 Å². The molecule has 0 saturated heterocycles. The van der Waals surface area contributed by atoms with E-state index in [1.807, 2.05) is 0 Å². The number of aromatic amines is 1. The minimum atomic E-state index is -0.780. The van der Waals surface area contributed by atoms with Gasteiger partial charge in [-0.25, -0.2) is 8.78 Å². The number of nitrogens with zero attached hydrogens (tertiary/aromatic N) is 1. The molecule has 0 spiro atoms. The van der Waals surface area contributed by atoms with E-state index in [4.69, 9.17) is 10.5 Å². The first-order valence-electron chi connectivity index (χ1n) is 4.45. The van der Waals surface area contributed by atoms with Crippen LogP contribution in [-0.4, -0.2) is 17.3 Å². The van der Waals surface area contributed by atoms with Gasteiger partial charge in [-0.15, -0.1) is 0 Å². The summed E-state index contributed by atoms with van der Waals surface area (Å²) >= 11 is 0. The minimum Gasteiger partial charge on any atom is -0.493 e. The summed E-state index contributed by atoms with van der Waals surface area (Å²) in [6.07, 6.45) is 1.38. The van der Waals surface area contributed by atoms with Gasteiger partial charge in [0.15, 0.2) is 11.6 Å². The molecule has 6 heteroatoms. The average molecular weight is 225 g/mol. The molecule has 0 saturated carbocycles. The molecule has 16 heavy (non-hydrogen) atoms. The summed E-state index contributed by atoms with van der Waals surface area (Å²) in [5.74, 6) is -1.32. The monoisotopic (exact) mass is 225 g/mol. The van der Waals surface area contributed by atoms with E-state index in [0.29, 0.717) is 5.56 Å². The number of ether oxygens (including phenoxy) is 1. The van der Waals surface area contributed by atoms with Crippen LogP contribution in [0.15, 0.2) is 18.3 Å². The predicted molar refractivity (Wildman–Crippen MR) is 54.9 cm³/mol. The summed E-state index contributed by atoms with van der Waals surface area (Å²) in [6, 6.07) is 1.89. The molecule has 84 valence electrons. The van der Waals surface area contributed by atoms with E-state index in [0.717, 1.165) is 12.1 Å². The molecule has 1 heterocycles. The number of nitrogen functional groups attached to an aromatic ring is 1. The number of nitrogens with two attached hydrogens (primary N) is 1. The number of rotatable bonds is 2. The van der Waals surface area contributed by atoms with Gasteiger partial charge in [0.2, 0.25) is 0 Å². The van der Waals surface area contributed by atoms with Crippen molar-refractivity contribution in [3.63, 3.8) is 0 Å². The van der Waals surface area contributed by atoms with Crippen molar-refractivity contribution >= 4 is 5.82 Å². The number of H-pyrrole nitrogens is 1. The average Bonchev–Trinajstić information content (AvgIpc) is 2.63. The number of anilines is 1. The number of hydrogen-bond donors (Lipinski definition) is 2. The second-order valence-electron chi connectivity index (χ2n) is 3.17. The Kier molecular flexibility index (Phi) is 2.47. The maximum atomic E-state index is 13.4. The number of halogens is 2. The van der Waals surface area contributed by atoms with Gasteiger partial charge in [-0.3, -0.25) is 5.10 Å². The standard InChI is InChI=1S/C10H9F2N3O/c1-16-9-6(2-5(11)3-8(9)12)7-4-14-15-10(7)13/h2-4H,1H3,(H3,13,14,15). The number of hydrogen-bond acceptors (Lipinski definition) is 3. The molecule has 0 fully saturated rings. The van der Waals surface area contributed by atoms with Gasteiger partial charge in [-0.1, -0.05) is 0 Å². The third-order valence-corrected chi connectivity index (χ3v) is 2.17. The van der Waals surface area contributed by atoms with Gasteiger partial charge in [0, 0.05) is 17.2 Å². The van der Waals surface area contributed by atoms with E-state index in [1.165, 1.54) is 13.3 Å². The molecule has 3 N–H and O–H groups in total. The minimum absolute atomic E-state index is 0.0606. The number of methoxy groups -OCH3 is 1. The van der Waals surface area contributed by atoms with Crippen LogP contribution in [0.5, 0.6) is 5.75 Å². The van der Waals surface area contributed by atoms with Crippen LogP contribution >= 0.6 is 0 Å². The number of aromatic nitrogens is 2. The second-order valence-corrected chi connectivity index (χ2v) is 3.17. The Morgan fingerprint density at radius 1 is 1.31 bits per heavy atom. The van der Waals surface area contributed by atoms with Gasteiger partial charge in [0.25, 0.3) is 0 Å². The molecular formula is C10H9F2N3O. The largest absolute Gasteiger partial charge is 0.493 e. The molecule has 0 aliphatic heterocycles. The molecule has 2 rings (SSSR count). The van der Waals surface area contributed by atoms with Crippen molar-refractivity contribution in [2.24, 2.45) is 0 Å². The predicted octanol–water partition coefficient (Wildman–Crippen LogP) is 1.95. The summed E-state index contributed by atoms with van der Waals surface area (Å²) < 4.78 is 31.4. The third kappa shape index (κ3) is 1.58. The highest BCUT2D eigenvalue weighted by Gasteiger charge is 2.16. The fourth-order valence-corrected chi connectivity index (χ4v) is 1.48. The molecule has 1 aromatic heterocycles. The van der Waals surface area contributed by atoms with E-state index in [9.17, 15) is 8.78 Å². The zero-order valence-corrected chi connectivity index (χ0v) is 8.42. The SMILES string of the molecule is COc1c(F)cc(F)cc1-c1cn[nH]c1N. The lowest BCUT2D eigenvalue weighted by molar-refractivity contribution is 0.386. The molecule has 4 nitrogen and oxygen atoms in total. The smallest absolute Gasteiger partial charge is 0.168 e. The van der Waals surface area contributed by atoms with Crippen LogP contribution in [0.4, 0.5) is 14.6 Å². The van der Waals surface area contributed by atoms with Crippen LogP contribution in [0.2, 0.25) is 0 Å². The first-order valence-corrected chi connectivity index (χ1v) is 4.45. The molecule has 0 unspecified atom stereocenters. The van der Waals surface area contributed by atoms with Gasteiger partial charge in [-0.2, -0.15) is 5.10 Å². The number of nitrogens with one attached hydrogen (secondary N) is 1. The highest BCUT2D eigenvalue weighted by Crippen LogP contribution is 2.35. The highest BCUT2D eigenvalue weighted by molar-refractivity contribution is 5.78. The molecule has 0 aliphatic carbocycles. The van der Waals surface area contributed by atoms with Crippen molar-refractivity contribution in [1.82, 2.24) is 10.2 Å². The quantitative estimate of drug-likeness (QED) is 0.820. The van der Waals surface area contributed by atoms with Gasteiger partial charge in [0.05, 0.1) is 13.3 Å². The topological polar surface area (TPSA) is 63.9 Å². The molecule has 0 amide bonds. The number of benzene rings is 1. The molecule has 2 aromatic rings. The van der Waals surface area contributed by atoms with Crippen LogP contribution in [0.1, 0.15) is 0 Å². The lowest BCUT2D eigenvalue weighted by Crippen LogP contribution is -1.95. The summed E-state index contributed by atoms with van der Waals surface area (Å²) in [5, 5.41) is 6.17. The maximum Gasteiger partial charge on any atom is 0.168 e. The van der Waals surface area contributed by atoms with Crippen LogP contribution in [-0.2, 0) is 0 Å². The summed E-state index contributed by atoms with van der Waals surface area (Å²) in [5.41, 5.74) is 6.20. The molecular weight excluding hydrogens is 216 g/mol. The Balaban J connectivity index is 2.68. The zero-order valence-electron chi connectivity index (χ0n) is 8.42. The zero-order chi connectivity index (χ0) is 11.7. The Morgan fingerprint density at radius 3 is 2.62 bits per heavy atom. The second kappa shape index (κ2) is 3.80. The summed E-state index contributed by atoms with van der Waals surface area (Å²) in [4.78, 5) is 0. The lowest BCUT2D eigenvalue weighted by Gasteiger charge is -2.08. The van der Waals surface area contributed by atoms with E-state index in [-0.39, 0.29) is 17.1 Å². The molecule has 0 aliphatic rings. The highest BCUT2D eigenvalue weighted by atomic mass is 19.1. The third-order valence-electron chi connectivity index (χ3n) is 2.17. The Hall–Kier alpha value is -2.11. The lowest BCUT2D eigenvalue weighted by atomic mass is 10.1. The molecule has 0 radical (unpaired) electrons. The fourth-order valence-electron chi connectivity index (χ4n) is 1.48. The Labute approximate surface area is 90.0 Å². The summed E-state index contributed by atoms with van der Waals surface area (Å²) in [6.45, 7) is 0. The van der Waals surface area contributed by atoms with Gasteiger partial charge >= 0.3 is 0 Å². The van der Waals surface area contributed by atoms with Crippen LogP contribution in [0.25, 0.3) is 11.1 Å². The van der Waals surface area contributed by atoms with Crippen LogP contribution in [0.3, 0.4) is 0 Å². The van der Waals surface area contributed by atoms with Crippen molar-refractivity contribution in [3.05, 3.63) is 30.0 Å². The molecule has 0 atom stereocenters. The van der Waals surface area contributed by atoms with Gasteiger partial charge < -0.3 is 10.5 Å². The summed E-state index contributed by atoms with van der Waals surface area (Å²) in [7, 11) is 1.30. The Bertz CT molecular complexity index is 525. The van der Waals surface area contributed by atoms with Gasteiger partial charge in [0.1, 0.15) is 11.6 Å². The van der Waals surface area contributed by atoms with Crippen molar-refractivity contribution in [3.8, 4) is 16.9 Å². The first-order chi connectivity index (χ1) is 7.63. The van der Waals surface area contributed by atoms with Crippen molar-refractivity contribution in [1.29, 1.82) is 0 Å². The molecule has 0 bridgehead atoms. The fraction of sp³-hybridized carbons (Fsp3) is 0.100. The Morgan fingerprint density at radius 2 is 2.06 bits per heavy atom. The first kappa shape index (κ1) is 10.4. The van der Waals surface area contributed by atoms with E-state index in [2.05, 4.69) is 10.2 Å². The molecule has 1 aromatic carbocycles. The normalized spacial score (nSPS) is 10.4. The maximum absolute atomic E-state index is 13.4. The van der Waals surface area contributed by atoms with Crippen molar-refractivity contribution in [2.45, 2.75) is 0 Å². The van der Waals surface area contributed by atoms with Crippen molar-refractivity contribution < 1.29 is 13.5 Å². The van der Waals surface area contributed by atoms with E-state index in [1.54, 1.807) is 0 Å². The van der Waals surface area contributed by atoms with E-state index >= 15 is 0 Å². The van der Waals surface area contributed by atoms with Gasteiger partial charge in [-0.05, 0) is 6.07 Å². The van der Waals surface area contributed by atoms with Crippen LogP contribution < -0.4 is 10.5 Å². The van der Waals surface area contributed by atoms with Crippen molar-refractivity contribution in [2.75, 3.05) is 12.8 Å². The van der Waals surface area contributed by atoms with E-state index < -0.39 is 11.6 Å².